The standard InChI is InChI=1S/C13H20N2O2.C11H16O2/c14-11(16)7-15-12(17)13-4-8-1-9(5-13)3-10(2-8)6-13;12-10(13)11-4-7-1-8(5-11)3-9(2-7)6-11/h8-10H,1-7H2,(H2,14,16)(H,15,17);7-9H,1-6H2,(H,12,13). The van der Waals surface area contributed by atoms with E-state index in [0.717, 1.165) is 74.0 Å². The van der Waals surface area contributed by atoms with Crippen LogP contribution in [0.3, 0.4) is 0 Å². The molecule has 166 valence electrons. The molecule has 8 fully saturated rings. The van der Waals surface area contributed by atoms with Crippen molar-refractivity contribution in [2.75, 3.05) is 6.54 Å². The molecule has 8 rings (SSSR count). The second kappa shape index (κ2) is 7.23. The number of carbonyl (C=O) groups is 3. The fourth-order valence-corrected chi connectivity index (χ4v) is 9.12. The predicted molar refractivity (Wildman–Crippen MR) is 111 cm³/mol. The molecule has 0 radical (unpaired) electrons. The summed E-state index contributed by atoms with van der Waals surface area (Å²) in [6.07, 6.45) is 14.0. The molecule has 2 amide bonds. The molecule has 0 aromatic heterocycles. The van der Waals surface area contributed by atoms with Gasteiger partial charge in [0.2, 0.25) is 11.8 Å². The average molecular weight is 417 g/mol. The third kappa shape index (κ3) is 3.54. The van der Waals surface area contributed by atoms with Crippen LogP contribution in [0.15, 0.2) is 0 Å². The molecule has 0 atom stereocenters. The highest BCUT2D eigenvalue weighted by molar-refractivity contribution is 5.87. The molecule has 8 aliphatic rings. The van der Waals surface area contributed by atoms with Crippen LogP contribution in [0.4, 0.5) is 0 Å². The minimum Gasteiger partial charge on any atom is -0.481 e. The van der Waals surface area contributed by atoms with Crippen molar-refractivity contribution in [1.29, 1.82) is 0 Å². The minimum absolute atomic E-state index is 0.0133. The predicted octanol–water partition coefficient (Wildman–Crippen LogP) is 3.09. The second-order valence-corrected chi connectivity index (χ2v) is 11.8. The van der Waals surface area contributed by atoms with Gasteiger partial charge >= 0.3 is 5.97 Å². The number of hydrogen-bond acceptors (Lipinski definition) is 3. The molecule has 8 saturated carbocycles. The maximum absolute atomic E-state index is 12.3. The van der Waals surface area contributed by atoms with Crippen LogP contribution in [0.1, 0.15) is 77.0 Å². The van der Waals surface area contributed by atoms with Gasteiger partial charge in [0.1, 0.15) is 0 Å². The molecule has 0 spiro atoms. The number of nitrogens with two attached hydrogens (primary N) is 1. The Morgan fingerprint density at radius 3 is 1.33 bits per heavy atom. The van der Waals surface area contributed by atoms with Crippen LogP contribution in [0.5, 0.6) is 0 Å². The zero-order chi connectivity index (χ0) is 21.1. The van der Waals surface area contributed by atoms with Gasteiger partial charge in [-0.3, -0.25) is 14.4 Å². The molecule has 6 nitrogen and oxygen atoms in total. The Balaban J connectivity index is 0.000000133. The van der Waals surface area contributed by atoms with E-state index in [2.05, 4.69) is 5.32 Å². The Morgan fingerprint density at radius 1 is 0.700 bits per heavy atom. The largest absolute Gasteiger partial charge is 0.481 e. The lowest BCUT2D eigenvalue weighted by Gasteiger charge is -2.55. The molecule has 0 aliphatic heterocycles. The lowest BCUT2D eigenvalue weighted by atomic mass is 9.49. The third-order valence-corrected chi connectivity index (χ3v) is 9.43. The molecule has 8 aliphatic carbocycles. The first kappa shape index (κ1) is 20.3. The van der Waals surface area contributed by atoms with E-state index in [-0.39, 0.29) is 23.3 Å². The van der Waals surface area contributed by atoms with Crippen molar-refractivity contribution in [3.05, 3.63) is 0 Å². The highest BCUT2D eigenvalue weighted by Gasteiger charge is 2.55. The first-order valence-electron chi connectivity index (χ1n) is 12.1. The summed E-state index contributed by atoms with van der Waals surface area (Å²) in [4.78, 5) is 34.3. The van der Waals surface area contributed by atoms with Crippen LogP contribution in [0.25, 0.3) is 0 Å². The Bertz CT molecular complexity index is 675. The molecule has 4 N–H and O–H groups in total. The monoisotopic (exact) mass is 416 g/mol. The molecular formula is C24H36N2O4. The number of hydrogen-bond donors (Lipinski definition) is 3. The molecule has 0 unspecified atom stereocenters. The van der Waals surface area contributed by atoms with Gasteiger partial charge in [-0.05, 0) is 113 Å². The zero-order valence-electron chi connectivity index (χ0n) is 17.9. The highest BCUT2D eigenvalue weighted by Crippen LogP contribution is 2.61. The van der Waals surface area contributed by atoms with E-state index >= 15 is 0 Å². The van der Waals surface area contributed by atoms with Crippen molar-refractivity contribution in [2.24, 2.45) is 52.1 Å². The molecular weight excluding hydrogens is 380 g/mol. The summed E-state index contributed by atoms with van der Waals surface area (Å²) < 4.78 is 0. The van der Waals surface area contributed by atoms with Gasteiger partial charge < -0.3 is 16.2 Å². The van der Waals surface area contributed by atoms with Gasteiger partial charge in [-0.1, -0.05) is 0 Å². The van der Waals surface area contributed by atoms with Gasteiger partial charge in [0, 0.05) is 5.41 Å². The van der Waals surface area contributed by atoms with Crippen molar-refractivity contribution >= 4 is 17.8 Å². The quantitative estimate of drug-likeness (QED) is 0.654. The Morgan fingerprint density at radius 2 is 1.03 bits per heavy atom. The SMILES string of the molecule is NC(=O)CNC(=O)C12CC3CC(CC(C3)C1)C2.O=C(O)C12CC3CC(CC(C3)C1)C2. The summed E-state index contributed by atoms with van der Waals surface area (Å²) in [5.41, 5.74) is 4.63. The number of carbonyl (C=O) groups excluding carboxylic acids is 2. The number of primary amides is 1. The summed E-state index contributed by atoms with van der Waals surface area (Å²) >= 11 is 0. The Kier molecular flexibility index (Phi) is 4.90. The van der Waals surface area contributed by atoms with Gasteiger partial charge in [0.05, 0.1) is 12.0 Å². The lowest BCUT2D eigenvalue weighted by Crippen LogP contribution is -2.54. The first-order chi connectivity index (χ1) is 14.3. The van der Waals surface area contributed by atoms with Crippen LogP contribution in [0.2, 0.25) is 0 Å². The maximum atomic E-state index is 12.3. The minimum atomic E-state index is -0.508. The van der Waals surface area contributed by atoms with E-state index in [4.69, 9.17) is 5.73 Å². The number of nitrogens with one attached hydrogen (secondary N) is 1. The molecule has 0 heterocycles. The van der Waals surface area contributed by atoms with E-state index in [1.165, 1.54) is 38.5 Å². The summed E-state index contributed by atoms with van der Waals surface area (Å²) in [6.45, 7) is -0.0133. The number of carboxylic acid groups (broad SMARTS) is 1. The zero-order valence-corrected chi connectivity index (χ0v) is 17.9. The highest BCUT2D eigenvalue weighted by atomic mass is 16.4. The van der Waals surface area contributed by atoms with Gasteiger partial charge in [0.25, 0.3) is 0 Å². The van der Waals surface area contributed by atoms with E-state index in [1.807, 2.05) is 0 Å². The van der Waals surface area contributed by atoms with Crippen molar-refractivity contribution in [2.45, 2.75) is 77.0 Å². The summed E-state index contributed by atoms with van der Waals surface area (Å²) in [5.74, 6) is 3.62. The first-order valence-corrected chi connectivity index (χ1v) is 12.1. The average Bonchev–Trinajstić information content (AvgIpc) is 2.64. The molecule has 30 heavy (non-hydrogen) atoms. The number of aliphatic carboxylic acids is 1. The topological polar surface area (TPSA) is 109 Å². The molecule has 0 saturated heterocycles. The molecule has 0 aromatic rings. The number of rotatable bonds is 4. The summed E-state index contributed by atoms with van der Waals surface area (Å²) in [7, 11) is 0. The second-order valence-electron chi connectivity index (χ2n) is 11.8. The molecule has 0 aromatic carbocycles. The van der Waals surface area contributed by atoms with E-state index in [1.54, 1.807) is 0 Å². The van der Waals surface area contributed by atoms with Gasteiger partial charge in [-0.2, -0.15) is 0 Å². The summed E-state index contributed by atoms with van der Waals surface area (Å²) in [6, 6.07) is 0. The maximum Gasteiger partial charge on any atom is 0.309 e. The van der Waals surface area contributed by atoms with Crippen LogP contribution in [-0.2, 0) is 14.4 Å². The smallest absolute Gasteiger partial charge is 0.309 e. The van der Waals surface area contributed by atoms with Crippen LogP contribution in [-0.4, -0.2) is 29.4 Å². The fourth-order valence-electron chi connectivity index (χ4n) is 9.12. The van der Waals surface area contributed by atoms with Crippen molar-refractivity contribution in [1.82, 2.24) is 5.32 Å². The van der Waals surface area contributed by atoms with Crippen LogP contribution < -0.4 is 11.1 Å². The van der Waals surface area contributed by atoms with Gasteiger partial charge in [-0.15, -0.1) is 0 Å². The van der Waals surface area contributed by atoms with Crippen LogP contribution >= 0.6 is 0 Å². The summed E-state index contributed by atoms with van der Waals surface area (Å²) in [5, 5.41) is 12.0. The molecule has 6 heteroatoms. The number of carboxylic acids is 1. The Labute approximate surface area is 178 Å². The normalized spacial score (nSPS) is 46.8. The van der Waals surface area contributed by atoms with Crippen molar-refractivity contribution in [3.8, 4) is 0 Å². The van der Waals surface area contributed by atoms with Gasteiger partial charge in [0.15, 0.2) is 0 Å². The van der Waals surface area contributed by atoms with E-state index in [0.29, 0.717) is 0 Å². The molecule has 8 bridgehead atoms. The third-order valence-electron chi connectivity index (χ3n) is 9.43. The van der Waals surface area contributed by atoms with Crippen molar-refractivity contribution < 1.29 is 19.5 Å². The number of amides is 2. The Hall–Kier alpha value is -1.59. The fraction of sp³-hybridized carbons (Fsp3) is 0.875. The van der Waals surface area contributed by atoms with Crippen LogP contribution in [0, 0.1) is 46.3 Å². The lowest BCUT2D eigenvalue weighted by molar-refractivity contribution is -0.164. The van der Waals surface area contributed by atoms with E-state index in [9.17, 15) is 19.5 Å². The van der Waals surface area contributed by atoms with E-state index < -0.39 is 11.9 Å². The van der Waals surface area contributed by atoms with Gasteiger partial charge in [-0.25, -0.2) is 0 Å². The van der Waals surface area contributed by atoms with Crippen molar-refractivity contribution in [3.63, 3.8) is 0 Å².